The molecule has 0 atom stereocenters. The molecule has 2 aromatic carbocycles. The molecule has 2 aliphatic heterocycles. The number of alkyl halides is 2. The predicted molar refractivity (Wildman–Crippen MR) is 124 cm³/mol. The fourth-order valence-electron chi connectivity index (χ4n) is 4.55. The lowest BCUT2D eigenvalue weighted by molar-refractivity contribution is -0.115. The van der Waals surface area contributed by atoms with Gasteiger partial charge in [0, 0.05) is 31.7 Å². The molecule has 0 aliphatic carbocycles. The summed E-state index contributed by atoms with van der Waals surface area (Å²) in [4.78, 5) is 27.4. The van der Waals surface area contributed by atoms with Crippen LogP contribution in [0.5, 0.6) is 17.2 Å². The van der Waals surface area contributed by atoms with Crippen LogP contribution < -0.4 is 24.4 Å². The van der Waals surface area contributed by atoms with Gasteiger partial charge in [-0.1, -0.05) is 6.07 Å². The summed E-state index contributed by atoms with van der Waals surface area (Å²) in [6, 6.07) is 9.99. The number of nitrogens with zero attached hydrogens (tertiary/aromatic N) is 2. The molecule has 0 radical (unpaired) electrons. The van der Waals surface area contributed by atoms with Gasteiger partial charge in [-0.15, -0.1) is 0 Å². The number of carboxylic acid groups (broad SMARTS) is 1. The second-order valence-corrected chi connectivity index (χ2v) is 8.32. The Balaban J connectivity index is 1.40. The lowest BCUT2D eigenvalue weighted by Gasteiger charge is -2.42. The van der Waals surface area contributed by atoms with E-state index >= 15 is 0 Å². The molecule has 0 unspecified atom stereocenters. The van der Waals surface area contributed by atoms with Crippen molar-refractivity contribution in [2.75, 3.05) is 36.5 Å². The van der Waals surface area contributed by atoms with E-state index in [2.05, 4.69) is 19.9 Å². The summed E-state index contributed by atoms with van der Waals surface area (Å²) in [5.41, 5.74) is 2.29. The number of anilines is 2. The highest BCUT2D eigenvalue weighted by Gasteiger charge is 2.31. The van der Waals surface area contributed by atoms with Crippen LogP contribution in [0, 0.1) is 0 Å². The number of likely N-dealkylation sites (tertiary alicyclic amines) is 1. The fourth-order valence-corrected chi connectivity index (χ4v) is 4.55. The van der Waals surface area contributed by atoms with Crippen molar-refractivity contribution < 1.29 is 37.7 Å². The average Bonchev–Trinajstić information content (AvgIpc) is 2.80. The van der Waals surface area contributed by atoms with Gasteiger partial charge in [0.2, 0.25) is 5.91 Å². The molecule has 1 saturated heterocycles. The monoisotopic (exact) mass is 491 g/mol. The highest BCUT2D eigenvalue weighted by atomic mass is 19.3. The fraction of sp³-hybridized carbons (Fsp3) is 0.417. The second-order valence-electron chi connectivity index (χ2n) is 8.32. The minimum Gasteiger partial charge on any atom is -0.490 e. The molecule has 9 nitrogen and oxygen atoms in total. The highest BCUT2D eigenvalue weighted by Crippen LogP contribution is 2.36. The first kappa shape index (κ1) is 24.5. The molecule has 35 heavy (non-hydrogen) atoms. The summed E-state index contributed by atoms with van der Waals surface area (Å²) >= 11 is 0. The van der Waals surface area contributed by atoms with Crippen molar-refractivity contribution in [3.8, 4) is 17.2 Å². The van der Waals surface area contributed by atoms with Crippen LogP contribution in [0.15, 0.2) is 36.4 Å². The van der Waals surface area contributed by atoms with Crippen molar-refractivity contribution in [1.82, 2.24) is 4.90 Å². The molecule has 0 spiro atoms. The van der Waals surface area contributed by atoms with Crippen LogP contribution in [0.1, 0.15) is 25.3 Å². The molecule has 0 aromatic heterocycles. The molecule has 0 bridgehead atoms. The van der Waals surface area contributed by atoms with Crippen molar-refractivity contribution in [2.45, 2.75) is 39.0 Å². The first-order chi connectivity index (χ1) is 16.8. The zero-order valence-corrected chi connectivity index (χ0v) is 19.2. The van der Waals surface area contributed by atoms with E-state index in [1.165, 1.54) is 12.1 Å². The Morgan fingerprint density at radius 2 is 1.94 bits per heavy atom. The summed E-state index contributed by atoms with van der Waals surface area (Å²) in [6.45, 7) is 1.63. The van der Waals surface area contributed by atoms with Crippen molar-refractivity contribution in [2.24, 2.45) is 0 Å². The van der Waals surface area contributed by atoms with E-state index in [-0.39, 0.29) is 30.0 Å². The van der Waals surface area contributed by atoms with Crippen LogP contribution >= 0.6 is 0 Å². The Kier molecular flexibility index (Phi) is 7.54. The number of carbonyl (C=O) groups is 2. The number of piperidine rings is 1. The zero-order valence-electron chi connectivity index (χ0n) is 19.2. The molecular formula is C24H27F2N3O6. The third-order valence-corrected chi connectivity index (χ3v) is 6.00. The number of rotatable bonds is 8. The normalized spacial score (nSPS) is 16.6. The van der Waals surface area contributed by atoms with Crippen LogP contribution in [0.4, 0.5) is 25.0 Å². The van der Waals surface area contributed by atoms with Gasteiger partial charge in [0.05, 0.1) is 24.5 Å². The molecule has 1 fully saturated rings. The summed E-state index contributed by atoms with van der Waals surface area (Å²) in [5.74, 6) is 0.289. The lowest BCUT2D eigenvalue weighted by atomic mass is 10.00. The van der Waals surface area contributed by atoms with Crippen molar-refractivity contribution in [3.63, 3.8) is 0 Å². The SMILES string of the molecule is CCOc1cc(CN2CCC(N3CC(=O)Nc4cc(OC(=O)O)ccc43)CC2)ccc1OC(F)F. The topological polar surface area (TPSA) is 101 Å². The molecule has 4 rings (SSSR count). The van der Waals surface area contributed by atoms with Gasteiger partial charge < -0.3 is 29.5 Å². The molecule has 2 N–H and O–H groups in total. The summed E-state index contributed by atoms with van der Waals surface area (Å²) in [6.07, 6.45) is 0.233. The van der Waals surface area contributed by atoms with E-state index < -0.39 is 12.8 Å². The Morgan fingerprint density at radius 3 is 2.63 bits per heavy atom. The summed E-state index contributed by atoms with van der Waals surface area (Å²) in [5, 5.41) is 11.6. The van der Waals surface area contributed by atoms with Crippen LogP contribution in [0.2, 0.25) is 0 Å². The number of amides is 1. The Bertz CT molecular complexity index is 1080. The molecule has 11 heteroatoms. The van der Waals surface area contributed by atoms with Crippen molar-refractivity contribution in [1.29, 1.82) is 0 Å². The number of carbonyl (C=O) groups excluding carboxylic acids is 1. The number of fused-ring (bicyclic) bond motifs is 1. The first-order valence-electron chi connectivity index (χ1n) is 11.4. The summed E-state index contributed by atoms with van der Waals surface area (Å²) < 4.78 is 40.0. The molecule has 1 amide bonds. The number of nitrogens with one attached hydrogen (secondary N) is 1. The molecular weight excluding hydrogens is 464 g/mol. The van der Waals surface area contributed by atoms with Gasteiger partial charge in [-0.05, 0) is 49.6 Å². The third kappa shape index (κ3) is 6.10. The second kappa shape index (κ2) is 10.8. The molecule has 2 aliphatic rings. The van der Waals surface area contributed by atoms with Gasteiger partial charge in [-0.2, -0.15) is 8.78 Å². The van der Waals surface area contributed by atoms with Gasteiger partial charge >= 0.3 is 12.8 Å². The number of ether oxygens (including phenoxy) is 3. The third-order valence-electron chi connectivity index (χ3n) is 6.00. The van der Waals surface area contributed by atoms with Crippen molar-refractivity contribution in [3.05, 3.63) is 42.0 Å². The Hall–Kier alpha value is -3.60. The van der Waals surface area contributed by atoms with Crippen molar-refractivity contribution >= 4 is 23.4 Å². The maximum atomic E-state index is 12.6. The van der Waals surface area contributed by atoms with Gasteiger partial charge in [-0.25, -0.2) is 4.79 Å². The zero-order chi connectivity index (χ0) is 24.9. The number of hydrogen-bond donors (Lipinski definition) is 2. The Labute approximate surface area is 201 Å². The van der Waals surface area contributed by atoms with E-state index in [1.54, 1.807) is 31.2 Å². The van der Waals surface area contributed by atoms with Gasteiger partial charge in [-0.3, -0.25) is 9.69 Å². The van der Waals surface area contributed by atoms with Crippen LogP contribution in [-0.2, 0) is 11.3 Å². The molecule has 2 heterocycles. The van der Waals surface area contributed by atoms with E-state index in [1.807, 2.05) is 0 Å². The maximum absolute atomic E-state index is 12.6. The number of halogens is 2. The standard InChI is InChI=1S/C24H27F2N3O6/c1-2-33-21-11-15(3-6-20(21)35-23(25)26)13-28-9-7-16(8-10-28)29-14-22(30)27-18-12-17(34-24(31)32)4-5-19(18)29/h3-6,11-12,16,23H,2,7-10,13-14H2,1H3,(H,27,30)(H,31,32). The lowest BCUT2D eigenvalue weighted by Crippen LogP contribution is -2.49. The smallest absolute Gasteiger partial charge is 0.490 e. The van der Waals surface area contributed by atoms with E-state index in [0.29, 0.717) is 24.6 Å². The van der Waals surface area contributed by atoms with Crippen LogP contribution in [-0.4, -0.2) is 61.0 Å². The molecule has 2 aromatic rings. The van der Waals surface area contributed by atoms with Crippen LogP contribution in [0.25, 0.3) is 0 Å². The van der Waals surface area contributed by atoms with Gasteiger partial charge in [0.1, 0.15) is 5.75 Å². The largest absolute Gasteiger partial charge is 0.511 e. The first-order valence-corrected chi connectivity index (χ1v) is 11.4. The van der Waals surface area contributed by atoms with E-state index in [9.17, 15) is 18.4 Å². The minimum absolute atomic E-state index is 0.0169. The number of benzene rings is 2. The molecule has 0 saturated carbocycles. The minimum atomic E-state index is -2.92. The Morgan fingerprint density at radius 1 is 1.17 bits per heavy atom. The number of hydrogen-bond acceptors (Lipinski definition) is 7. The molecule has 188 valence electrons. The van der Waals surface area contributed by atoms with E-state index in [4.69, 9.17) is 14.6 Å². The van der Waals surface area contributed by atoms with E-state index in [0.717, 1.165) is 37.2 Å². The highest BCUT2D eigenvalue weighted by molar-refractivity contribution is 6.01. The summed E-state index contributed by atoms with van der Waals surface area (Å²) in [7, 11) is 0. The van der Waals surface area contributed by atoms with Gasteiger partial charge in [0.15, 0.2) is 11.5 Å². The maximum Gasteiger partial charge on any atom is 0.511 e. The average molecular weight is 491 g/mol. The van der Waals surface area contributed by atoms with Crippen LogP contribution in [0.3, 0.4) is 0 Å². The quantitative estimate of drug-likeness (QED) is 0.419. The predicted octanol–water partition coefficient (Wildman–Crippen LogP) is 4.17. The van der Waals surface area contributed by atoms with Gasteiger partial charge in [0.25, 0.3) is 0 Å².